The fourth-order valence-electron chi connectivity index (χ4n) is 1.84. The SMILES string of the molecule is CCC(C)N(C)C(C)(C(=O)O)c1cccnc1. The van der Waals surface area contributed by atoms with Gasteiger partial charge in [-0.1, -0.05) is 13.0 Å². The van der Waals surface area contributed by atoms with E-state index in [1.165, 1.54) is 0 Å². The highest BCUT2D eigenvalue weighted by atomic mass is 16.4. The lowest BCUT2D eigenvalue weighted by atomic mass is 9.90. The zero-order valence-corrected chi connectivity index (χ0v) is 10.8. The lowest BCUT2D eigenvalue weighted by Gasteiger charge is -2.39. The van der Waals surface area contributed by atoms with Crippen molar-refractivity contribution in [3.05, 3.63) is 30.1 Å². The number of likely N-dealkylation sites (N-methyl/N-ethyl adjacent to an activating group) is 1. The van der Waals surface area contributed by atoms with E-state index in [9.17, 15) is 9.90 Å². The number of carboxylic acid groups (broad SMARTS) is 1. The third-order valence-electron chi connectivity index (χ3n) is 3.60. The van der Waals surface area contributed by atoms with Crippen LogP contribution >= 0.6 is 0 Å². The number of nitrogens with zero attached hydrogens (tertiary/aromatic N) is 2. The summed E-state index contributed by atoms with van der Waals surface area (Å²) in [5.74, 6) is -0.853. The Bertz CT molecular complexity index is 380. The molecular weight excluding hydrogens is 216 g/mol. The van der Waals surface area contributed by atoms with E-state index < -0.39 is 11.5 Å². The molecule has 0 radical (unpaired) electrons. The highest BCUT2D eigenvalue weighted by Crippen LogP contribution is 2.29. The molecule has 1 rings (SSSR count). The molecule has 0 aromatic carbocycles. The molecule has 0 spiro atoms. The minimum Gasteiger partial charge on any atom is -0.480 e. The minimum absolute atomic E-state index is 0.191. The Morgan fingerprint density at radius 3 is 2.71 bits per heavy atom. The van der Waals surface area contributed by atoms with Crippen molar-refractivity contribution in [2.45, 2.75) is 38.8 Å². The number of carbonyl (C=O) groups is 1. The molecule has 0 saturated carbocycles. The highest BCUT2D eigenvalue weighted by Gasteiger charge is 2.41. The van der Waals surface area contributed by atoms with Gasteiger partial charge in [-0.3, -0.25) is 9.88 Å². The Balaban J connectivity index is 3.19. The van der Waals surface area contributed by atoms with Gasteiger partial charge in [-0.15, -0.1) is 0 Å². The zero-order valence-electron chi connectivity index (χ0n) is 10.8. The Hall–Kier alpha value is -1.42. The van der Waals surface area contributed by atoms with Crippen molar-refractivity contribution in [2.75, 3.05) is 7.05 Å². The van der Waals surface area contributed by atoms with Crippen molar-refractivity contribution in [2.24, 2.45) is 0 Å². The molecule has 1 N–H and O–H groups in total. The largest absolute Gasteiger partial charge is 0.480 e. The first-order valence-electron chi connectivity index (χ1n) is 5.81. The molecule has 1 aromatic rings. The standard InChI is InChI=1S/C13H20N2O2/c1-5-10(2)15(4)13(3,12(16)17)11-7-6-8-14-9-11/h6-10H,5H2,1-4H3,(H,16,17). The molecule has 94 valence electrons. The summed E-state index contributed by atoms with van der Waals surface area (Å²) in [6.45, 7) is 5.79. The van der Waals surface area contributed by atoms with Crippen LogP contribution in [-0.2, 0) is 10.3 Å². The molecular formula is C13H20N2O2. The third kappa shape index (κ3) is 2.47. The number of aliphatic carboxylic acids is 1. The zero-order chi connectivity index (χ0) is 13.1. The number of hydrogen-bond acceptors (Lipinski definition) is 3. The maximum atomic E-state index is 11.6. The number of hydrogen-bond donors (Lipinski definition) is 1. The molecule has 4 heteroatoms. The lowest BCUT2D eigenvalue weighted by molar-refractivity contribution is -0.151. The van der Waals surface area contributed by atoms with E-state index in [4.69, 9.17) is 0 Å². The predicted octanol–water partition coefficient (Wildman–Crippen LogP) is 2.11. The molecule has 1 heterocycles. The van der Waals surface area contributed by atoms with Gasteiger partial charge in [0.15, 0.2) is 0 Å². The Morgan fingerprint density at radius 1 is 1.65 bits per heavy atom. The molecule has 0 aliphatic rings. The number of rotatable bonds is 5. The summed E-state index contributed by atoms with van der Waals surface area (Å²) in [4.78, 5) is 17.5. The van der Waals surface area contributed by atoms with Gasteiger partial charge >= 0.3 is 5.97 Å². The third-order valence-corrected chi connectivity index (χ3v) is 3.60. The quantitative estimate of drug-likeness (QED) is 0.850. The van der Waals surface area contributed by atoms with E-state index in [1.807, 2.05) is 25.8 Å². The van der Waals surface area contributed by atoms with E-state index in [-0.39, 0.29) is 6.04 Å². The predicted molar refractivity (Wildman–Crippen MR) is 66.7 cm³/mol. The topological polar surface area (TPSA) is 53.4 Å². The van der Waals surface area contributed by atoms with Gasteiger partial charge in [0, 0.05) is 24.0 Å². The van der Waals surface area contributed by atoms with Gasteiger partial charge in [-0.05, 0) is 33.4 Å². The maximum Gasteiger partial charge on any atom is 0.328 e. The summed E-state index contributed by atoms with van der Waals surface area (Å²) in [6.07, 6.45) is 4.17. The monoisotopic (exact) mass is 236 g/mol. The molecule has 17 heavy (non-hydrogen) atoms. The van der Waals surface area contributed by atoms with Crippen LogP contribution in [0.15, 0.2) is 24.5 Å². The Kier molecular flexibility index (Phi) is 4.23. The van der Waals surface area contributed by atoms with E-state index in [2.05, 4.69) is 4.98 Å². The van der Waals surface area contributed by atoms with Crippen LogP contribution in [0.5, 0.6) is 0 Å². The first kappa shape index (κ1) is 13.6. The number of aromatic nitrogens is 1. The van der Waals surface area contributed by atoms with Crippen LogP contribution in [0.25, 0.3) is 0 Å². The number of carboxylic acids is 1. The van der Waals surface area contributed by atoms with Crippen LogP contribution in [-0.4, -0.2) is 34.0 Å². The molecule has 0 bridgehead atoms. The molecule has 2 atom stereocenters. The van der Waals surface area contributed by atoms with E-state index in [0.717, 1.165) is 6.42 Å². The van der Waals surface area contributed by atoms with E-state index in [0.29, 0.717) is 5.56 Å². The van der Waals surface area contributed by atoms with Crippen LogP contribution in [0, 0.1) is 0 Å². The van der Waals surface area contributed by atoms with Crippen molar-refractivity contribution in [1.29, 1.82) is 0 Å². The van der Waals surface area contributed by atoms with Crippen LogP contribution < -0.4 is 0 Å². The van der Waals surface area contributed by atoms with Gasteiger partial charge in [0.2, 0.25) is 0 Å². The van der Waals surface area contributed by atoms with Gasteiger partial charge in [0.05, 0.1) is 0 Å². The molecule has 2 unspecified atom stereocenters. The summed E-state index contributed by atoms with van der Waals surface area (Å²) < 4.78 is 0. The van der Waals surface area contributed by atoms with Gasteiger partial charge in [0.25, 0.3) is 0 Å². The molecule has 0 saturated heterocycles. The fourth-order valence-corrected chi connectivity index (χ4v) is 1.84. The van der Waals surface area contributed by atoms with Crippen molar-refractivity contribution in [3.8, 4) is 0 Å². The van der Waals surface area contributed by atoms with Gasteiger partial charge in [-0.2, -0.15) is 0 Å². The average Bonchev–Trinajstić information content (AvgIpc) is 2.36. The van der Waals surface area contributed by atoms with Crippen LogP contribution in [0.1, 0.15) is 32.8 Å². The number of pyridine rings is 1. The molecule has 4 nitrogen and oxygen atoms in total. The normalized spacial score (nSPS) is 16.5. The van der Waals surface area contributed by atoms with Gasteiger partial charge in [-0.25, -0.2) is 4.79 Å². The van der Waals surface area contributed by atoms with Crippen molar-refractivity contribution >= 4 is 5.97 Å². The molecule has 0 fully saturated rings. The average molecular weight is 236 g/mol. The second kappa shape index (κ2) is 5.27. The molecule has 1 aromatic heterocycles. The summed E-state index contributed by atoms with van der Waals surface area (Å²) in [7, 11) is 1.84. The molecule has 0 aliphatic heterocycles. The van der Waals surface area contributed by atoms with E-state index in [1.54, 1.807) is 31.5 Å². The smallest absolute Gasteiger partial charge is 0.328 e. The van der Waals surface area contributed by atoms with Gasteiger partial charge in [0.1, 0.15) is 5.54 Å². The second-order valence-electron chi connectivity index (χ2n) is 4.49. The Labute approximate surface area is 102 Å². The summed E-state index contributed by atoms with van der Waals surface area (Å²) in [5.41, 5.74) is -0.334. The lowest BCUT2D eigenvalue weighted by Crippen LogP contribution is -2.51. The fraction of sp³-hybridized carbons (Fsp3) is 0.538. The summed E-state index contributed by atoms with van der Waals surface area (Å²) in [6, 6.07) is 3.76. The van der Waals surface area contributed by atoms with Crippen LogP contribution in [0.2, 0.25) is 0 Å². The first-order chi connectivity index (χ1) is 7.94. The Morgan fingerprint density at radius 2 is 2.29 bits per heavy atom. The first-order valence-corrected chi connectivity index (χ1v) is 5.81. The van der Waals surface area contributed by atoms with E-state index >= 15 is 0 Å². The molecule has 0 amide bonds. The maximum absolute atomic E-state index is 11.6. The summed E-state index contributed by atoms with van der Waals surface area (Å²) in [5, 5.41) is 9.53. The second-order valence-corrected chi connectivity index (χ2v) is 4.49. The van der Waals surface area contributed by atoms with Crippen LogP contribution in [0.4, 0.5) is 0 Å². The van der Waals surface area contributed by atoms with Crippen molar-refractivity contribution in [3.63, 3.8) is 0 Å². The summed E-state index contributed by atoms with van der Waals surface area (Å²) >= 11 is 0. The van der Waals surface area contributed by atoms with Crippen molar-refractivity contribution < 1.29 is 9.90 Å². The minimum atomic E-state index is -1.04. The van der Waals surface area contributed by atoms with Crippen molar-refractivity contribution in [1.82, 2.24) is 9.88 Å². The molecule has 0 aliphatic carbocycles. The highest BCUT2D eigenvalue weighted by molar-refractivity contribution is 5.80. The van der Waals surface area contributed by atoms with Crippen LogP contribution in [0.3, 0.4) is 0 Å². The van der Waals surface area contributed by atoms with Gasteiger partial charge < -0.3 is 5.11 Å².